The summed E-state index contributed by atoms with van der Waals surface area (Å²) in [6.07, 6.45) is 0. The van der Waals surface area contributed by atoms with Crippen molar-refractivity contribution in [1.29, 1.82) is 0 Å². The molecule has 19 heavy (non-hydrogen) atoms. The molecule has 0 saturated heterocycles. The second kappa shape index (κ2) is 4.28. The van der Waals surface area contributed by atoms with Gasteiger partial charge < -0.3 is 4.98 Å². The summed E-state index contributed by atoms with van der Waals surface area (Å²) in [6, 6.07) is 5.62. The van der Waals surface area contributed by atoms with Crippen molar-refractivity contribution in [3.8, 4) is 10.7 Å². The van der Waals surface area contributed by atoms with Gasteiger partial charge in [0.1, 0.15) is 4.88 Å². The average molecular weight is 293 g/mol. The predicted molar refractivity (Wildman–Crippen MR) is 78.7 cm³/mol. The molecule has 98 valence electrons. The summed E-state index contributed by atoms with van der Waals surface area (Å²) >= 11 is 7.35. The Balaban J connectivity index is 2.17. The number of benzene rings is 1. The lowest BCUT2D eigenvalue weighted by atomic mass is 9.91. The molecule has 0 saturated carbocycles. The lowest BCUT2D eigenvalue weighted by Crippen LogP contribution is -2.13. The first-order valence-corrected chi connectivity index (χ1v) is 7.09. The summed E-state index contributed by atoms with van der Waals surface area (Å²) in [7, 11) is 0. The van der Waals surface area contributed by atoms with E-state index in [2.05, 4.69) is 40.3 Å². The predicted octanol–water partition coefficient (Wildman–Crippen LogP) is 4.03. The summed E-state index contributed by atoms with van der Waals surface area (Å²) in [5.41, 5.74) is 2.73. The average Bonchev–Trinajstić information content (AvgIpc) is 2.92. The van der Waals surface area contributed by atoms with Gasteiger partial charge in [0.2, 0.25) is 0 Å². The van der Waals surface area contributed by atoms with Crippen molar-refractivity contribution in [1.82, 2.24) is 19.6 Å². The molecule has 4 nitrogen and oxygen atoms in total. The van der Waals surface area contributed by atoms with E-state index >= 15 is 0 Å². The molecule has 0 fully saturated rings. The third-order valence-electron chi connectivity index (χ3n) is 2.86. The van der Waals surface area contributed by atoms with Crippen molar-refractivity contribution in [2.75, 3.05) is 0 Å². The van der Waals surface area contributed by atoms with E-state index < -0.39 is 0 Å². The summed E-state index contributed by atoms with van der Waals surface area (Å²) in [6.45, 7) is 6.35. The number of rotatable bonds is 1. The molecule has 2 aromatic heterocycles. The number of hydrogen-bond donors (Lipinski definition) is 1. The van der Waals surface area contributed by atoms with E-state index in [1.165, 1.54) is 11.5 Å². The Morgan fingerprint density at radius 1 is 1.26 bits per heavy atom. The third kappa shape index (κ3) is 2.24. The van der Waals surface area contributed by atoms with Crippen molar-refractivity contribution in [2.45, 2.75) is 26.2 Å². The van der Waals surface area contributed by atoms with Gasteiger partial charge in [-0.25, -0.2) is 4.98 Å². The number of halogens is 1. The number of imidazole rings is 1. The molecule has 2 heterocycles. The highest BCUT2D eigenvalue weighted by Crippen LogP contribution is 2.33. The van der Waals surface area contributed by atoms with Crippen LogP contribution in [0, 0.1) is 0 Å². The number of aromatic nitrogens is 4. The Labute approximate surface area is 120 Å². The number of nitrogens with zero attached hydrogens (tertiary/aromatic N) is 3. The lowest BCUT2D eigenvalue weighted by molar-refractivity contribution is 0.568. The fourth-order valence-corrected chi connectivity index (χ4v) is 2.92. The van der Waals surface area contributed by atoms with Crippen LogP contribution in [0.5, 0.6) is 0 Å². The van der Waals surface area contributed by atoms with Crippen LogP contribution in [0.15, 0.2) is 18.2 Å². The minimum atomic E-state index is -0.0566. The first-order chi connectivity index (χ1) is 8.95. The zero-order valence-electron chi connectivity index (χ0n) is 10.9. The van der Waals surface area contributed by atoms with Gasteiger partial charge in [-0.3, -0.25) is 0 Å². The van der Waals surface area contributed by atoms with Gasteiger partial charge >= 0.3 is 0 Å². The maximum absolute atomic E-state index is 5.99. The highest BCUT2D eigenvalue weighted by molar-refractivity contribution is 7.09. The maximum atomic E-state index is 5.99. The number of fused-ring (bicyclic) bond motifs is 1. The van der Waals surface area contributed by atoms with Crippen LogP contribution in [0.2, 0.25) is 5.02 Å². The van der Waals surface area contributed by atoms with Crippen LogP contribution >= 0.6 is 23.1 Å². The van der Waals surface area contributed by atoms with Crippen molar-refractivity contribution in [3.63, 3.8) is 0 Å². The first-order valence-electron chi connectivity index (χ1n) is 5.93. The quantitative estimate of drug-likeness (QED) is 0.736. The summed E-state index contributed by atoms with van der Waals surface area (Å²) in [4.78, 5) is 8.86. The van der Waals surface area contributed by atoms with E-state index in [4.69, 9.17) is 11.6 Å². The summed E-state index contributed by atoms with van der Waals surface area (Å²) in [5, 5.41) is 4.93. The van der Waals surface area contributed by atoms with Gasteiger partial charge in [-0.2, -0.15) is 0 Å². The van der Waals surface area contributed by atoms with E-state index in [1.54, 1.807) is 0 Å². The van der Waals surface area contributed by atoms with E-state index in [0.29, 0.717) is 5.02 Å². The molecular formula is C13H13ClN4S. The van der Waals surface area contributed by atoms with Gasteiger partial charge in [0, 0.05) is 10.4 Å². The molecule has 0 aliphatic carbocycles. The molecule has 3 rings (SSSR count). The van der Waals surface area contributed by atoms with Gasteiger partial charge in [0.25, 0.3) is 0 Å². The molecule has 0 amide bonds. The van der Waals surface area contributed by atoms with Crippen molar-refractivity contribution >= 4 is 34.2 Å². The fourth-order valence-electron chi connectivity index (χ4n) is 1.93. The number of nitrogens with one attached hydrogen (secondary N) is 1. The summed E-state index contributed by atoms with van der Waals surface area (Å²) < 4.78 is 4.06. The molecular weight excluding hydrogens is 280 g/mol. The second-order valence-corrected chi connectivity index (χ2v) is 6.64. The van der Waals surface area contributed by atoms with Crippen molar-refractivity contribution in [3.05, 3.63) is 28.9 Å². The van der Waals surface area contributed by atoms with E-state index in [9.17, 15) is 0 Å². The molecule has 3 aromatic rings. The Kier molecular flexibility index (Phi) is 2.83. The van der Waals surface area contributed by atoms with Crippen LogP contribution < -0.4 is 0 Å². The minimum absolute atomic E-state index is 0.0566. The Morgan fingerprint density at radius 3 is 2.79 bits per heavy atom. The third-order valence-corrected chi connectivity index (χ3v) is 3.83. The monoisotopic (exact) mass is 292 g/mol. The normalized spacial score (nSPS) is 12.2. The first kappa shape index (κ1) is 12.6. The molecule has 0 bridgehead atoms. The maximum Gasteiger partial charge on any atom is 0.152 e. The molecule has 1 N–H and O–H groups in total. The molecule has 1 aromatic carbocycles. The van der Waals surface area contributed by atoms with Crippen LogP contribution in [-0.4, -0.2) is 19.6 Å². The molecule has 0 unspecified atom stereocenters. The van der Waals surface area contributed by atoms with Crippen molar-refractivity contribution in [2.24, 2.45) is 0 Å². The molecule has 0 aliphatic rings. The highest BCUT2D eigenvalue weighted by atomic mass is 35.5. The molecule has 0 spiro atoms. The van der Waals surface area contributed by atoms with Gasteiger partial charge in [0.15, 0.2) is 5.82 Å². The smallest absolute Gasteiger partial charge is 0.152 e. The largest absolute Gasteiger partial charge is 0.337 e. The molecule has 0 atom stereocenters. The zero-order valence-corrected chi connectivity index (χ0v) is 12.4. The van der Waals surface area contributed by atoms with Gasteiger partial charge in [-0.15, -0.1) is 5.10 Å². The van der Waals surface area contributed by atoms with Crippen LogP contribution in [0.25, 0.3) is 21.7 Å². The topological polar surface area (TPSA) is 54.5 Å². The van der Waals surface area contributed by atoms with Crippen molar-refractivity contribution < 1.29 is 0 Å². The Hall–Kier alpha value is -1.46. The fraction of sp³-hybridized carbons (Fsp3) is 0.308. The Bertz CT molecular complexity index is 739. The van der Waals surface area contributed by atoms with Crippen LogP contribution in [0.1, 0.15) is 26.5 Å². The van der Waals surface area contributed by atoms with Crippen LogP contribution in [0.3, 0.4) is 0 Å². The lowest BCUT2D eigenvalue weighted by Gasteiger charge is -2.15. The van der Waals surface area contributed by atoms with Crippen LogP contribution in [-0.2, 0) is 5.41 Å². The Morgan fingerprint density at radius 2 is 2.05 bits per heavy atom. The highest BCUT2D eigenvalue weighted by Gasteiger charge is 2.24. The number of H-pyrrole nitrogens is 1. The second-order valence-electron chi connectivity index (χ2n) is 5.45. The van der Waals surface area contributed by atoms with Gasteiger partial charge in [-0.1, -0.05) is 36.9 Å². The standard InChI is InChI=1S/C13H13ClN4S/c1-13(2,3)11-10(19-18-17-11)12-15-8-5-4-7(14)6-9(8)16-12/h4-6H,1-3H3,(H,15,16). The SMILES string of the molecule is CC(C)(C)c1nnsc1-c1nc2ccc(Cl)cc2[nH]1. The van der Waals surface area contributed by atoms with Gasteiger partial charge in [-0.05, 0) is 29.7 Å². The summed E-state index contributed by atoms with van der Waals surface area (Å²) in [5.74, 6) is 0.803. The molecule has 0 aliphatic heterocycles. The van der Waals surface area contributed by atoms with Gasteiger partial charge in [0.05, 0.1) is 16.7 Å². The zero-order chi connectivity index (χ0) is 13.6. The molecule has 0 radical (unpaired) electrons. The minimum Gasteiger partial charge on any atom is -0.337 e. The van der Waals surface area contributed by atoms with E-state index in [0.717, 1.165) is 27.4 Å². The van der Waals surface area contributed by atoms with E-state index in [-0.39, 0.29) is 5.41 Å². The number of aromatic amines is 1. The number of hydrogen-bond acceptors (Lipinski definition) is 4. The van der Waals surface area contributed by atoms with Crippen LogP contribution in [0.4, 0.5) is 0 Å². The molecule has 6 heteroatoms. The van der Waals surface area contributed by atoms with E-state index in [1.807, 2.05) is 18.2 Å².